The van der Waals surface area contributed by atoms with Crippen LogP contribution in [0.1, 0.15) is 0 Å². The number of guanidine groups is 1. The molecule has 0 saturated carbocycles. The third-order valence-electron chi connectivity index (χ3n) is 2.83. The number of hydrogen-bond acceptors (Lipinski definition) is 3. The van der Waals surface area contributed by atoms with Crippen LogP contribution in [0.15, 0.2) is 53.5 Å². The van der Waals surface area contributed by atoms with Crippen molar-refractivity contribution in [3.8, 4) is 11.5 Å². The Bertz CT molecular complexity index is 630. The number of nitrogens with two attached hydrogens (primary N) is 1. The molecule has 0 radical (unpaired) electrons. The zero-order chi connectivity index (χ0) is 15.8. The van der Waals surface area contributed by atoms with Crippen LogP contribution < -0.4 is 20.5 Å². The largest absolute Gasteiger partial charge is 0.495 e. The van der Waals surface area contributed by atoms with Gasteiger partial charge in [0.2, 0.25) is 0 Å². The van der Waals surface area contributed by atoms with E-state index < -0.39 is 0 Å². The number of benzene rings is 2. The van der Waals surface area contributed by atoms with Crippen LogP contribution in [0.5, 0.6) is 11.5 Å². The maximum Gasteiger partial charge on any atom is 0.193 e. The standard InChI is InChI=1S/C16H18ClN3O2/c1-21-15-5-3-2-4-14(15)20-16(18)19-10-11-22-13-8-6-12(17)7-9-13/h2-9H,10-11H2,1H3,(H3,18,19,20). The summed E-state index contributed by atoms with van der Waals surface area (Å²) < 4.78 is 10.8. The summed E-state index contributed by atoms with van der Waals surface area (Å²) in [4.78, 5) is 4.20. The molecule has 0 bridgehead atoms. The van der Waals surface area contributed by atoms with Crippen molar-refractivity contribution in [2.24, 2.45) is 10.7 Å². The number of halogens is 1. The molecule has 116 valence electrons. The molecule has 0 unspecified atom stereocenters. The molecule has 0 aliphatic carbocycles. The number of rotatable bonds is 6. The fourth-order valence-corrected chi connectivity index (χ4v) is 1.91. The maximum atomic E-state index is 5.84. The highest BCUT2D eigenvalue weighted by atomic mass is 35.5. The first-order valence-corrected chi connectivity index (χ1v) is 7.15. The van der Waals surface area contributed by atoms with E-state index in [1.807, 2.05) is 36.4 Å². The van der Waals surface area contributed by atoms with Gasteiger partial charge < -0.3 is 20.5 Å². The molecular weight excluding hydrogens is 302 g/mol. The number of nitrogens with zero attached hydrogens (tertiary/aromatic N) is 1. The van der Waals surface area contributed by atoms with E-state index in [1.165, 1.54) is 0 Å². The molecular formula is C16H18ClN3O2. The lowest BCUT2D eigenvalue weighted by Crippen LogP contribution is -2.23. The van der Waals surface area contributed by atoms with Crippen molar-refractivity contribution in [2.45, 2.75) is 0 Å². The van der Waals surface area contributed by atoms with Crippen molar-refractivity contribution in [3.05, 3.63) is 53.6 Å². The van der Waals surface area contributed by atoms with Gasteiger partial charge in [-0.1, -0.05) is 23.7 Å². The molecule has 0 aliphatic heterocycles. The molecule has 0 fully saturated rings. The summed E-state index contributed by atoms with van der Waals surface area (Å²) in [5, 5.41) is 3.67. The predicted molar refractivity (Wildman–Crippen MR) is 90.1 cm³/mol. The molecule has 0 saturated heterocycles. The Balaban J connectivity index is 1.81. The van der Waals surface area contributed by atoms with Gasteiger partial charge >= 0.3 is 0 Å². The highest BCUT2D eigenvalue weighted by molar-refractivity contribution is 6.30. The van der Waals surface area contributed by atoms with E-state index >= 15 is 0 Å². The zero-order valence-electron chi connectivity index (χ0n) is 12.3. The second-order valence-corrected chi connectivity index (χ2v) is 4.83. The Morgan fingerprint density at radius 2 is 1.91 bits per heavy atom. The zero-order valence-corrected chi connectivity index (χ0v) is 13.0. The highest BCUT2D eigenvalue weighted by Crippen LogP contribution is 2.22. The molecule has 0 aromatic heterocycles. The lowest BCUT2D eigenvalue weighted by molar-refractivity contribution is 0.329. The van der Waals surface area contributed by atoms with Gasteiger partial charge in [-0.05, 0) is 36.4 Å². The first-order valence-electron chi connectivity index (χ1n) is 6.77. The molecule has 0 aliphatic rings. The van der Waals surface area contributed by atoms with Crippen LogP contribution in [0, 0.1) is 0 Å². The van der Waals surface area contributed by atoms with Crippen LogP contribution >= 0.6 is 11.6 Å². The van der Waals surface area contributed by atoms with E-state index in [0.717, 1.165) is 11.4 Å². The first-order chi connectivity index (χ1) is 10.7. The Morgan fingerprint density at radius 1 is 1.18 bits per heavy atom. The van der Waals surface area contributed by atoms with E-state index in [0.29, 0.717) is 29.9 Å². The summed E-state index contributed by atoms with van der Waals surface area (Å²) in [5.41, 5.74) is 6.61. The van der Waals surface area contributed by atoms with Crippen LogP contribution in [0.4, 0.5) is 5.69 Å². The van der Waals surface area contributed by atoms with Crippen LogP contribution in [-0.4, -0.2) is 26.2 Å². The first kappa shape index (κ1) is 16.0. The number of para-hydroxylation sites is 2. The molecule has 0 heterocycles. The molecule has 0 spiro atoms. The van der Waals surface area contributed by atoms with Crippen molar-refractivity contribution in [3.63, 3.8) is 0 Å². The van der Waals surface area contributed by atoms with E-state index in [9.17, 15) is 0 Å². The fourth-order valence-electron chi connectivity index (χ4n) is 1.79. The number of ether oxygens (including phenoxy) is 2. The van der Waals surface area contributed by atoms with Gasteiger partial charge in [0.15, 0.2) is 5.96 Å². The summed E-state index contributed by atoms with van der Waals surface area (Å²) in [6, 6.07) is 14.7. The van der Waals surface area contributed by atoms with Gasteiger partial charge in [0.1, 0.15) is 18.1 Å². The summed E-state index contributed by atoms with van der Waals surface area (Å²) in [6.45, 7) is 0.868. The second kappa shape index (κ2) is 8.14. The Hall–Kier alpha value is -2.40. The molecule has 0 atom stereocenters. The number of nitrogens with one attached hydrogen (secondary N) is 1. The summed E-state index contributed by atoms with van der Waals surface area (Å²) in [6.07, 6.45) is 0. The van der Waals surface area contributed by atoms with Gasteiger partial charge in [0.05, 0.1) is 19.3 Å². The maximum absolute atomic E-state index is 5.84. The van der Waals surface area contributed by atoms with Crippen molar-refractivity contribution in [1.29, 1.82) is 0 Å². The molecule has 22 heavy (non-hydrogen) atoms. The van der Waals surface area contributed by atoms with Gasteiger partial charge in [-0.25, -0.2) is 4.99 Å². The van der Waals surface area contributed by atoms with Gasteiger partial charge in [-0.2, -0.15) is 0 Å². The third kappa shape index (κ3) is 4.86. The summed E-state index contributed by atoms with van der Waals surface area (Å²) in [7, 11) is 1.60. The average molecular weight is 320 g/mol. The Kier molecular flexibility index (Phi) is 5.91. The SMILES string of the molecule is COc1ccccc1NC(N)=NCCOc1ccc(Cl)cc1. The molecule has 3 N–H and O–H groups in total. The topological polar surface area (TPSA) is 68.9 Å². The van der Waals surface area contributed by atoms with E-state index in [-0.39, 0.29) is 0 Å². The lowest BCUT2D eigenvalue weighted by Gasteiger charge is -2.10. The average Bonchev–Trinajstić information content (AvgIpc) is 2.54. The molecule has 2 aromatic rings. The molecule has 6 heteroatoms. The third-order valence-corrected chi connectivity index (χ3v) is 3.08. The van der Waals surface area contributed by atoms with E-state index in [4.69, 9.17) is 26.8 Å². The number of aliphatic imine (C=N–C) groups is 1. The monoisotopic (exact) mass is 319 g/mol. The second-order valence-electron chi connectivity index (χ2n) is 4.39. The van der Waals surface area contributed by atoms with Crippen LogP contribution in [0.25, 0.3) is 0 Å². The normalized spacial score (nSPS) is 11.1. The fraction of sp³-hybridized carbons (Fsp3) is 0.188. The van der Waals surface area contributed by atoms with E-state index in [1.54, 1.807) is 19.2 Å². The number of methoxy groups -OCH3 is 1. The number of anilines is 1. The Morgan fingerprint density at radius 3 is 2.64 bits per heavy atom. The molecule has 2 aromatic carbocycles. The highest BCUT2D eigenvalue weighted by Gasteiger charge is 2.02. The summed E-state index contributed by atoms with van der Waals surface area (Å²) in [5.74, 6) is 1.76. The minimum atomic E-state index is 0.309. The van der Waals surface area contributed by atoms with E-state index in [2.05, 4.69) is 10.3 Å². The van der Waals surface area contributed by atoms with Gasteiger partial charge in [0.25, 0.3) is 0 Å². The minimum absolute atomic E-state index is 0.309. The van der Waals surface area contributed by atoms with Crippen LogP contribution in [0.3, 0.4) is 0 Å². The van der Waals surface area contributed by atoms with Crippen LogP contribution in [-0.2, 0) is 0 Å². The number of hydrogen-bond donors (Lipinski definition) is 2. The van der Waals surface area contributed by atoms with Gasteiger partial charge in [0, 0.05) is 5.02 Å². The molecule has 2 rings (SSSR count). The van der Waals surface area contributed by atoms with Gasteiger partial charge in [-0.15, -0.1) is 0 Å². The lowest BCUT2D eigenvalue weighted by atomic mass is 10.3. The van der Waals surface area contributed by atoms with Crippen LogP contribution in [0.2, 0.25) is 5.02 Å². The van der Waals surface area contributed by atoms with Crippen molar-refractivity contribution in [2.75, 3.05) is 25.6 Å². The smallest absolute Gasteiger partial charge is 0.193 e. The molecule has 5 nitrogen and oxygen atoms in total. The van der Waals surface area contributed by atoms with Crippen molar-refractivity contribution < 1.29 is 9.47 Å². The summed E-state index contributed by atoms with van der Waals surface area (Å²) >= 11 is 5.80. The van der Waals surface area contributed by atoms with Gasteiger partial charge in [-0.3, -0.25) is 0 Å². The quantitative estimate of drug-likeness (QED) is 0.487. The molecule has 0 amide bonds. The predicted octanol–water partition coefficient (Wildman–Crippen LogP) is 3.15. The minimum Gasteiger partial charge on any atom is -0.495 e. The Labute approximate surface area is 134 Å². The van der Waals surface area contributed by atoms with Crippen molar-refractivity contribution >= 4 is 23.2 Å². The van der Waals surface area contributed by atoms with Crippen molar-refractivity contribution in [1.82, 2.24) is 0 Å².